The zero-order valence-electron chi connectivity index (χ0n) is 16.6. The summed E-state index contributed by atoms with van der Waals surface area (Å²) >= 11 is 0. The molecule has 0 fully saturated rings. The molecule has 0 bridgehead atoms. The number of rotatable bonds is 18. The van der Waals surface area contributed by atoms with Gasteiger partial charge >= 0.3 is 0 Å². The molecular weight excluding hydrogens is 339 g/mol. The summed E-state index contributed by atoms with van der Waals surface area (Å²) in [5.41, 5.74) is 0. The van der Waals surface area contributed by atoms with E-state index in [9.17, 15) is 17.4 Å². The number of hydrogen-bond donors (Lipinski definition) is 1. The van der Waals surface area contributed by atoms with Gasteiger partial charge in [0.1, 0.15) is 0 Å². The Balaban J connectivity index is 3.95. The lowest BCUT2D eigenvalue weighted by atomic mass is 10.0. The van der Waals surface area contributed by atoms with Gasteiger partial charge in [0.05, 0.1) is 0 Å². The Morgan fingerprint density at radius 1 is 0.640 bits per heavy atom. The first-order valence-electron chi connectivity index (χ1n) is 10.5. The predicted octanol–water partition coefficient (Wildman–Crippen LogP) is 7.21. The number of hydrogen-bond acceptors (Lipinski definition) is 2. The van der Waals surface area contributed by atoms with Crippen molar-refractivity contribution >= 4 is 10.1 Å². The second-order valence-electron chi connectivity index (χ2n) is 7.45. The highest BCUT2D eigenvalue weighted by Crippen LogP contribution is 2.32. The SMILES string of the molecule is CCCCCCCCCCCC(F)(CCCCCCCC)S(=O)(=O)O. The molecule has 0 aromatic rings. The van der Waals surface area contributed by atoms with Crippen LogP contribution in [-0.2, 0) is 10.1 Å². The van der Waals surface area contributed by atoms with Crippen LogP contribution in [0, 0.1) is 0 Å². The maximum atomic E-state index is 14.8. The third-order valence-electron chi connectivity index (χ3n) is 5.02. The lowest BCUT2D eigenvalue weighted by Crippen LogP contribution is -2.33. The molecule has 1 atom stereocenters. The molecule has 0 aromatic heterocycles. The topological polar surface area (TPSA) is 54.4 Å². The second kappa shape index (κ2) is 15.0. The summed E-state index contributed by atoms with van der Waals surface area (Å²) in [4.78, 5) is 0. The maximum Gasteiger partial charge on any atom is 0.300 e. The molecule has 5 heteroatoms. The fourth-order valence-corrected chi connectivity index (χ4v) is 4.06. The van der Waals surface area contributed by atoms with Gasteiger partial charge < -0.3 is 0 Å². The second-order valence-corrected chi connectivity index (χ2v) is 9.14. The van der Waals surface area contributed by atoms with Crippen molar-refractivity contribution in [2.45, 2.75) is 128 Å². The molecule has 3 nitrogen and oxygen atoms in total. The highest BCUT2D eigenvalue weighted by Gasteiger charge is 2.41. The Morgan fingerprint density at radius 2 is 0.920 bits per heavy atom. The third-order valence-corrected chi connectivity index (χ3v) is 6.35. The summed E-state index contributed by atoms with van der Waals surface area (Å²) in [6.45, 7) is 4.33. The van der Waals surface area contributed by atoms with Gasteiger partial charge in [0.2, 0.25) is 5.00 Å². The van der Waals surface area contributed by atoms with E-state index < -0.39 is 15.1 Å². The van der Waals surface area contributed by atoms with E-state index in [4.69, 9.17) is 0 Å². The van der Waals surface area contributed by atoms with Crippen LogP contribution in [0.1, 0.15) is 123 Å². The van der Waals surface area contributed by atoms with Crippen molar-refractivity contribution in [3.05, 3.63) is 0 Å². The molecule has 25 heavy (non-hydrogen) atoms. The van der Waals surface area contributed by atoms with E-state index in [1.54, 1.807) is 0 Å². The smallest absolute Gasteiger partial charge is 0.283 e. The summed E-state index contributed by atoms with van der Waals surface area (Å²) in [6.07, 6.45) is 15.4. The molecule has 0 saturated heterocycles. The molecule has 0 aliphatic rings. The molecule has 1 N–H and O–H groups in total. The van der Waals surface area contributed by atoms with Gasteiger partial charge in [0.25, 0.3) is 10.1 Å². The summed E-state index contributed by atoms with van der Waals surface area (Å²) in [5, 5.41) is -2.45. The van der Waals surface area contributed by atoms with E-state index in [-0.39, 0.29) is 12.8 Å². The number of halogens is 1. The van der Waals surface area contributed by atoms with Crippen molar-refractivity contribution in [2.75, 3.05) is 0 Å². The van der Waals surface area contributed by atoms with Crippen molar-refractivity contribution in [2.24, 2.45) is 0 Å². The molecule has 0 aliphatic heterocycles. The summed E-state index contributed by atoms with van der Waals surface area (Å²) in [5.74, 6) is 0. The normalized spacial score (nSPS) is 14.6. The lowest BCUT2D eigenvalue weighted by molar-refractivity contribution is 0.203. The van der Waals surface area contributed by atoms with E-state index in [0.29, 0.717) is 12.8 Å². The highest BCUT2D eigenvalue weighted by atomic mass is 32.2. The van der Waals surface area contributed by atoms with Gasteiger partial charge in [-0.2, -0.15) is 8.42 Å². The van der Waals surface area contributed by atoms with Gasteiger partial charge in [-0.3, -0.25) is 4.55 Å². The quantitative estimate of drug-likeness (QED) is 0.202. The largest absolute Gasteiger partial charge is 0.300 e. The zero-order chi connectivity index (χ0) is 19.0. The van der Waals surface area contributed by atoms with Crippen LogP contribution in [0.5, 0.6) is 0 Å². The van der Waals surface area contributed by atoms with Crippen LogP contribution in [0.3, 0.4) is 0 Å². The molecule has 0 aliphatic carbocycles. The molecule has 0 radical (unpaired) electrons. The monoisotopic (exact) mass is 380 g/mol. The van der Waals surface area contributed by atoms with Gasteiger partial charge in [-0.25, -0.2) is 4.39 Å². The lowest BCUT2D eigenvalue weighted by Gasteiger charge is -2.22. The molecule has 0 spiro atoms. The standard InChI is InChI=1S/C20H41FO3S/c1-3-5-7-9-11-12-13-15-17-19-20(21,25(22,23)24)18-16-14-10-8-6-4-2/h3-19H2,1-2H3,(H,22,23,24). The first-order chi connectivity index (χ1) is 11.9. The average molecular weight is 381 g/mol. The first kappa shape index (κ1) is 24.8. The van der Waals surface area contributed by atoms with E-state index in [1.807, 2.05) is 0 Å². The minimum absolute atomic E-state index is 0.0728. The van der Waals surface area contributed by atoms with E-state index >= 15 is 0 Å². The minimum Gasteiger partial charge on any atom is -0.283 e. The van der Waals surface area contributed by atoms with E-state index in [2.05, 4.69) is 13.8 Å². The molecule has 152 valence electrons. The predicted molar refractivity (Wildman–Crippen MR) is 105 cm³/mol. The Labute approximate surface area is 155 Å². The van der Waals surface area contributed by atoms with Gasteiger partial charge in [0, 0.05) is 0 Å². The van der Waals surface area contributed by atoms with Crippen molar-refractivity contribution < 1.29 is 17.4 Å². The Kier molecular flexibility index (Phi) is 14.9. The molecule has 0 heterocycles. The Hall–Kier alpha value is -0.160. The van der Waals surface area contributed by atoms with Gasteiger partial charge in [-0.1, -0.05) is 97.3 Å². The van der Waals surface area contributed by atoms with Crippen LogP contribution in [0.4, 0.5) is 4.39 Å². The van der Waals surface area contributed by atoms with Crippen LogP contribution in [0.2, 0.25) is 0 Å². The zero-order valence-corrected chi connectivity index (χ0v) is 17.4. The van der Waals surface area contributed by atoms with Crippen molar-refractivity contribution in [3.8, 4) is 0 Å². The first-order valence-corrected chi connectivity index (χ1v) is 12.0. The van der Waals surface area contributed by atoms with Crippen LogP contribution >= 0.6 is 0 Å². The van der Waals surface area contributed by atoms with Crippen molar-refractivity contribution in [1.82, 2.24) is 0 Å². The Bertz CT molecular complexity index is 398. The van der Waals surface area contributed by atoms with Gasteiger partial charge in [0.15, 0.2) is 0 Å². The molecule has 0 amide bonds. The van der Waals surface area contributed by atoms with Gasteiger partial charge in [-0.15, -0.1) is 0 Å². The maximum absolute atomic E-state index is 14.8. The van der Waals surface area contributed by atoms with Crippen molar-refractivity contribution in [3.63, 3.8) is 0 Å². The van der Waals surface area contributed by atoms with Gasteiger partial charge in [-0.05, 0) is 25.7 Å². The fourth-order valence-electron chi connectivity index (χ4n) is 3.25. The molecular formula is C20H41FO3S. The third kappa shape index (κ3) is 12.8. The molecule has 0 saturated carbocycles. The minimum atomic E-state index is -4.64. The van der Waals surface area contributed by atoms with Crippen molar-refractivity contribution in [1.29, 1.82) is 0 Å². The van der Waals surface area contributed by atoms with Crippen LogP contribution in [0.15, 0.2) is 0 Å². The van der Waals surface area contributed by atoms with Crippen LogP contribution in [0.25, 0.3) is 0 Å². The van der Waals surface area contributed by atoms with E-state index in [0.717, 1.165) is 51.4 Å². The number of unbranched alkanes of at least 4 members (excludes halogenated alkanes) is 13. The van der Waals surface area contributed by atoms with Crippen LogP contribution in [-0.4, -0.2) is 18.0 Å². The van der Waals surface area contributed by atoms with Crippen LogP contribution < -0.4 is 0 Å². The summed E-state index contributed by atoms with van der Waals surface area (Å²) in [6, 6.07) is 0. The molecule has 1 unspecified atom stereocenters. The number of alkyl halides is 1. The summed E-state index contributed by atoms with van der Waals surface area (Å²) in [7, 11) is -4.64. The molecule has 0 aromatic carbocycles. The fraction of sp³-hybridized carbons (Fsp3) is 1.00. The average Bonchev–Trinajstić information content (AvgIpc) is 2.55. The highest BCUT2D eigenvalue weighted by molar-refractivity contribution is 7.87. The van der Waals surface area contributed by atoms with E-state index in [1.165, 1.54) is 32.1 Å². The molecule has 0 rings (SSSR count). The Morgan fingerprint density at radius 3 is 1.20 bits per heavy atom. The summed E-state index contributed by atoms with van der Waals surface area (Å²) < 4.78 is 47.0.